The Balaban J connectivity index is 2.19. The normalized spacial score (nSPS) is 12.2. The summed E-state index contributed by atoms with van der Waals surface area (Å²) in [4.78, 5) is 0. The first kappa shape index (κ1) is 18.3. The van der Waals surface area contributed by atoms with Crippen molar-refractivity contribution in [2.75, 3.05) is 6.61 Å². The van der Waals surface area contributed by atoms with Gasteiger partial charge in [0, 0.05) is 0 Å². The van der Waals surface area contributed by atoms with Gasteiger partial charge >= 0.3 is 20.2 Å². The van der Waals surface area contributed by atoms with E-state index in [1.54, 1.807) is 12.1 Å². The molecule has 0 saturated heterocycles. The molecule has 0 fully saturated rings. The third-order valence-electron chi connectivity index (χ3n) is 2.66. The molecule has 0 unspecified atom stereocenters. The third-order valence-corrected chi connectivity index (χ3v) is 3.97. The Kier molecular flexibility index (Phi) is 5.85. The molecule has 9 heteroatoms. The fraction of sp³-hybridized carbons (Fsp3) is 0.200. The Morgan fingerprint density at radius 2 is 1.29 bits per heavy atom. The summed E-state index contributed by atoms with van der Waals surface area (Å²) in [5, 5.41) is 0. The van der Waals surface area contributed by atoms with Gasteiger partial charge in [-0.15, -0.1) is 0 Å². The van der Waals surface area contributed by atoms with Crippen LogP contribution in [0.4, 0.5) is 17.6 Å². The number of halogens is 4. The Morgan fingerprint density at radius 3 is 1.67 bits per heavy atom. The van der Waals surface area contributed by atoms with Crippen LogP contribution in [0.3, 0.4) is 0 Å². The zero-order chi connectivity index (χ0) is 17.6. The van der Waals surface area contributed by atoms with E-state index in [2.05, 4.69) is 4.52 Å². The highest BCUT2D eigenvalue weighted by molar-refractivity contribution is 7.49. The highest BCUT2D eigenvalue weighted by Gasteiger charge is 2.45. The molecule has 0 heterocycles. The molecule has 0 radical (unpaired) electrons. The molecule has 24 heavy (non-hydrogen) atoms. The summed E-state index contributed by atoms with van der Waals surface area (Å²) in [5.74, 6) is -4.47. The van der Waals surface area contributed by atoms with Crippen LogP contribution in [0.25, 0.3) is 0 Å². The van der Waals surface area contributed by atoms with E-state index in [0.717, 1.165) is 0 Å². The number of phosphoric acid groups is 1. The standard InChI is InChI=1S/C15H13F4O4P/c16-14(17)15(18,19)11-21-24(20,22-12-7-3-1-4-8-12)23-13-9-5-2-6-10-13/h1-10,14H,11H2. The summed E-state index contributed by atoms with van der Waals surface area (Å²) >= 11 is 0. The second-order valence-corrected chi connectivity index (χ2v) is 6.11. The second-order valence-electron chi connectivity index (χ2n) is 4.59. The molecule has 0 saturated carbocycles. The monoisotopic (exact) mass is 364 g/mol. The van der Waals surface area contributed by atoms with Gasteiger partial charge in [0.1, 0.15) is 18.1 Å². The molecule has 0 atom stereocenters. The van der Waals surface area contributed by atoms with E-state index in [1.807, 2.05) is 0 Å². The van der Waals surface area contributed by atoms with E-state index >= 15 is 0 Å². The predicted molar refractivity (Wildman–Crippen MR) is 78.6 cm³/mol. The molecule has 2 aromatic carbocycles. The summed E-state index contributed by atoms with van der Waals surface area (Å²) in [6.07, 6.45) is -3.97. The maximum atomic E-state index is 13.0. The maximum absolute atomic E-state index is 13.0. The average Bonchev–Trinajstić information content (AvgIpc) is 2.55. The highest BCUT2D eigenvalue weighted by atomic mass is 31.2. The third kappa shape index (κ3) is 5.25. The van der Waals surface area contributed by atoms with E-state index in [1.165, 1.54) is 48.5 Å². The van der Waals surface area contributed by atoms with Crippen molar-refractivity contribution in [2.45, 2.75) is 12.3 Å². The number of hydrogen-bond acceptors (Lipinski definition) is 4. The van der Waals surface area contributed by atoms with Crippen LogP contribution < -0.4 is 9.05 Å². The summed E-state index contributed by atoms with van der Waals surface area (Å²) in [5.41, 5.74) is 0. The zero-order valence-electron chi connectivity index (χ0n) is 12.2. The molecule has 2 rings (SSSR count). The van der Waals surface area contributed by atoms with Crippen molar-refractivity contribution in [2.24, 2.45) is 0 Å². The number of rotatable bonds is 8. The lowest BCUT2D eigenvalue weighted by Crippen LogP contribution is -2.32. The average molecular weight is 364 g/mol. The van der Waals surface area contributed by atoms with Crippen molar-refractivity contribution in [1.82, 2.24) is 0 Å². The first-order valence-corrected chi connectivity index (χ1v) is 8.17. The lowest BCUT2D eigenvalue weighted by atomic mass is 10.3. The van der Waals surface area contributed by atoms with Gasteiger partial charge in [-0.2, -0.15) is 8.78 Å². The quantitative estimate of drug-likeness (QED) is 0.479. The van der Waals surface area contributed by atoms with Crippen molar-refractivity contribution in [1.29, 1.82) is 0 Å². The van der Waals surface area contributed by atoms with Crippen molar-refractivity contribution in [3.05, 3.63) is 60.7 Å². The Hall–Kier alpha value is -2.05. The van der Waals surface area contributed by atoms with Gasteiger partial charge in [0.15, 0.2) is 0 Å². The molecule has 0 amide bonds. The van der Waals surface area contributed by atoms with Crippen LogP contribution in [-0.4, -0.2) is 19.0 Å². The van der Waals surface area contributed by atoms with Crippen LogP contribution in [0.2, 0.25) is 0 Å². The summed E-state index contributed by atoms with van der Waals surface area (Å²) < 4.78 is 77.6. The van der Waals surface area contributed by atoms with Gasteiger partial charge in [0.05, 0.1) is 0 Å². The van der Waals surface area contributed by atoms with Crippen molar-refractivity contribution >= 4 is 7.82 Å². The van der Waals surface area contributed by atoms with Crippen LogP contribution in [0.1, 0.15) is 0 Å². The maximum Gasteiger partial charge on any atom is 0.587 e. The van der Waals surface area contributed by atoms with Gasteiger partial charge in [-0.05, 0) is 24.3 Å². The molecular weight excluding hydrogens is 351 g/mol. The fourth-order valence-corrected chi connectivity index (χ4v) is 2.75. The van der Waals surface area contributed by atoms with E-state index < -0.39 is 26.8 Å². The summed E-state index contributed by atoms with van der Waals surface area (Å²) in [7, 11) is -4.61. The van der Waals surface area contributed by atoms with Gasteiger partial charge in [-0.25, -0.2) is 13.3 Å². The second kappa shape index (κ2) is 7.68. The van der Waals surface area contributed by atoms with Crippen LogP contribution >= 0.6 is 7.82 Å². The van der Waals surface area contributed by atoms with Gasteiger partial charge < -0.3 is 9.05 Å². The zero-order valence-corrected chi connectivity index (χ0v) is 13.0. The Bertz CT molecular complexity index is 637. The molecule has 0 aliphatic heterocycles. The first-order chi connectivity index (χ1) is 11.3. The van der Waals surface area contributed by atoms with E-state index in [9.17, 15) is 22.1 Å². The van der Waals surface area contributed by atoms with E-state index in [-0.39, 0.29) is 11.5 Å². The van der Waals surface area contributed by atoms with Crippen LogP contribution in [0.15, 0.2) is 60.7 Å². The van der Waals surface area contributed by atoms with Gasteiger partial charge in [0.2, 0.25) is 0 Å². The Labute approximate surface area is 135 Å². The predicted octanol–water partition coefficient (Wildman–Crippen LogP) is 5.17. The molecular formula is C15H13F4O4P. The minimum absolute atomic E-state index is 0.0112. The number of hydrogen-bond donors (Lipinski definition) is 0. The minimum atomic E-state index is -4.61. The minimum Gasteiger partial charge on any atom is -0.395 e. The summed E-state index contributed by atoms with van der Waals surface area (Å²) in [6.45, 7) is -1.82. The molecule has 2 aromatic rings. The largest absolute Gasteiger partial charge is 0.587 e. The fourth-order valence-electron chi connectivity index (χ4n) is 1.52. The SMILES string of the molecule is O=P(OCC(F)(F)C(F)F)(Oc1ccccc1)Oc1ccccc1. The van der Waals surface area contributed by atoms with Gasteiger partial charge in [-0.1, -0.05) is 36.4 Å². The first-order valence-electron chi connectivity index (χ1n) is 6.71. The number of para-hydroxylation sites is 2. The molecule has 130 valence electrons. The molecule has 0 aliphatic rings. The molecule has 0 aliphatic carbocycles. The van der Waals surface area contributed by atoms with E-state index in [0.29, 0.717) is 0 Å². The van der Waals surface area contributed by atoms with E-state index in [4.69, 9.17) is 9.05 Å². The van der Waals surface area contributed by atoms with Crippen LogP contribution in [0.5, 0.6) is 11.5 Å². The van der Waals surface area contributed by atoms with Crippen LogP contribution in [0, 0.1) is 0 Å². The van der Waals surface area contributed by atoms with Crippen molar-refractivity contribution < 1.29 is 35.7 Å². The molecule has 0 spiro atoms. The topological polar surface area (TPSA) is 44.8 Å². The number of alkyl halides is 4. The Morgan fingerprint density at radius 1 is 0.875 bits per heavy atom. The van der Waals surface area contributed by atoms with Crippen molar-refractivity contribution in [3.8, 4) is 11.5 Å². The smallest absolute Gasteiger partial charge is 0.395 e. The van der Waals surface area contributed by atoms with Crippen LogP contribution in [-0.2, 0) is 9.09 Å². The summed E-state index contributed by atoms with van der Waals surface area (Å²) in [6, 6.07) is 15.0. The molecule has 0 N–H and O–H groups in total. The molecule has 4 nitrogen and oxygen atoms in total. The van der Waals surface area contributed by atoms with Gasteiger partial charge in [0.25, 0.3) is 0 Å². The van der Waals surface area contributed by atoms with Gasteiger partial charge in [-0.3, -0.25) is 4.52 Å². The molecule has 0 bridgehead atoms. The number of benzene rings is 2. The molecule has 0 aromatic heterocycles. The number of phosphoric ester groups is 1. The lowest BCUT2D eigenvalue weighted by Gasteiger charge is -2.21. The lowest BCUT2D eigenvalue weighted by molar-refractivity contribution is -0.150. The van der Waals surface area contributed by atoms with Crippen molar-refractivity contribution in [3.63, 3.8) is 0 Å². The highest BCUT2D eigenvalue weighted by Crippen LogP contribution is 2.50.